The second kappa shape index (κ2) is 18.6. The Balaban J connectivity index is 1.30. The number of hydrogen-bond acceptors (Lipinski definition) is 5. The third-order valence-corrected chi connectivity index (χ3v) is 12.6. The molecule has 68 heavy (non-hydrogen) atoms. The number of anilines is 6. The van der Waals surface area contributed by atoms with E-state index >= 15 is 0 Å². The molecule has 0 saturated carbocycles. The first-order valence-electron chi connectivity index (χ1n) is 23.7. The fourth-order valence-electron chi connectivity index (χ4n) is 8.65. The maximum absolute atomic E-state index is 5.08. The summed E-state index contributed by atoms with van der Waals surface area (Å²) in [6.07, 6.45) is 0. The van der Waals surface area contributed by atoms with Crippen LogP contribution >= 0.6 is 0 Å². The maximum atomic E-state index is 5.08. The van der Waals surface area contributed by atoms with E-state index in [1.807, 2.05) is 60.7 Å². The monoisotopic (exact) mass is 887 g/mol. The van der Waals surface area contributed by atoms with E-state index in [0.717, 1.165) is 61.9 Å². The first-order valence-corrected chi connectivity index (χ1v) is 23.7. The lowest BCUT2D eigenvalue weighted by Gasteiger charge is -2.35. The molecular formula is C63H61N5. The third-order valence-electron chi connectivity index (χ3n) is 12.6. The number of benzene rings is 8. The van der Waals surface area contributed by atoms with Crippen molar-refractivity contribution in [1.82, 2.24) is 15.0 Å². The molecule has 0 aliphatic carbocycles. The van der Waals surface area contributed by atoms with Gasteiger partial charge in [-0.3, -0.25) is 0 Å². The summed E-state index contributed by atoms with van der Waals surface area (Å²) >= 11 is 0. The van der Waals surface area contributed by atoms with E-state index in [-0.39, 0.29) is 16.2 Å². The highest BCUT2D eigenvalue weighted by Gasteiger charge is 2.29. The Labute approximate surface area is 403 Å². The third kappa shape index (κ3) is 9.75. The summed E-state index contributed by atoms with van der Waals surface area (Å²) in [6.45, 7) is 20.5. The zero-order chi connectivity index (χ0) is 47.6. The van der Waals surface area contributed by atoms with Gasteiger partial charge in [-0.25, -0.2) is 15.0 Å². The molecule has 1 aromatic heterocycles. The zero-order valence-electron chi connectivity index (χ0n) is 40.9. The lowest BCUT2D eigenvalue weighted by Crippen LogP contribution is -2.20. The molecular weight excluding hydrogens is 827 g/mol. The lowest BCUT2D eigenvalue weighted by molar-refractivity contribution is 0.589. The average molecular weight is 888 g/mol. The fourth-order valence-corrected chi connectivity index (χ4v) is 8.65. The summed E-state index contributed by atoms with van der Waals surface area (Å²) in [5, 5.41) is 0. The van der Waals surface area contributed by atoms with Gasteiger partial charge in [-0.2, -0.15) is 0 Å². The van der Waals surface area contributed by atoms with Crippen molar-refractivity contribution in [2.24, 2.45) is 0 Å². The van der Waals surface area contributed by atoms with E-state index in [1.165, 1.54) is 16.7 Å². The molecule has 0 aliphatic heterocycles. The quantitative estimate of drug-likeness (QED) is 0.137. The Morgan fingerprint density at radius 3 is 0.897 bits per heavy atom. The van der Waals surface area contributed by atoms with Gasteiger partial charge in [0.2, 0.25) is 0 Å². The molecule has 0 bridgehead atoms. The number of aromatic nitrogens is 3. The highest BCUT2D eigenvalue weighted by atomic mass is 15.2. The van der Waals surface area contributed by atoms with Crippen molar-refractivity contribution < 1.29 is 0 Å². The molecule has 0 N–H and O–H groups in total. The van der Waals surface area contributed by atoms with Crippen molar-refractivity contribution in [1.29, 1.82) is 0 Å². The largest absolute Gasteiger partial charge is 0.310 e. The van der Waals surface area contributed by atoms with Crippen LogP contribution in [-0.4, -0.2) is 15.0 Å². The molecule has 338 valence electrons. The predicted octanol–water partition coefficient (Wildman–Crippen LogP) is 17.4. The van der Waals surface area contributed by atoms with Gasteiger partial charge < -0.3 is 9.80 Å². The van der Waals surface area contributed by atoms with Gasteiger partial charge in [0.25, 0.3) is 0 Å². The molecule has 8 aromatic carbocycles. The predicted molar refractivity (Wildman–Crippen MR) is 287 cm³/mol. The molecule has 5 heteroatoms. The summed E-state index contributed by atoms with van der Waals surface area (Å²) in [5.74, 6) is 1.88. The number of hydrogen-bond donors (Lipinski definition) is 0. The Bertz CT molecular complexity index is 3050. The van der Waals surface area contributed by atoms with Crippen LogP contribution < -0.4 is 9.80 Å². The summed E-state index contributed by atoms with van der Waals surface area (Å²) in [7, 11) is 0. The lowest BCUT2D eigenvalue weighted by atomic mass is 9.83. The van der Waals surface area contributed by atoms with Gasteiger partial charge in [0.05, 0.1) is 11.4 Å². The number of rotatable bonds is 10. The molecule has 0 unspecified atom stereocenters. The van der Waals surface area contributed by atoms with Gasteiger partial charge in [0, 0.05) is 45.0 Å². The van der Waals surface area contributed by atoms with Crippen LogP contribution in [-0.2, 0) is 16.2 Å². The van der Waals surface area contributed by atoms with Gasteiger partial charge in [-0.1, -0.05) is 196 Å². The average Bonchev–Trinajstić information content (AvgIpc) is 3.35. The van der Waals surface area contributed by atoms with E-state index in [9.17, 15) is 0 Å². The molecule has 0 spiro atoms. The van der Waals surface area contributed by atoms with Crippen LogP contribution in [0.5, 0.6) is 0 Å². The Hall–Kier alpha value is -7.63. The minimum Gasteiger partial charge on any atom is -0.310 e. The molecule has 0 atom stereocenters. The van der Waals surface area contributed by atoms with E-state index in [4.69, 9.17) is 15.0 Å². The second-order valence-corrected chi connectivity index (χ2v) is 20.7. The smallest absolute Gasteiger partial charge is 0.164 e. The molecule has 0 fully saturated rings. The van der Waals surface area contributed by atoms with Crippen LogP contribution in [0.2, 0.25) is 0 Å². The summed E-state index contributed by atoms with van der Waals surface area (Å²) in [6, 6.07) is 73.7. The van der Waals surface area contributed by atoms with E-state index in [1.54, 1.807) is 0 Å². The van der Waals surface area contributed by atoms with Crippen molar-refractivity contribution in [3.63, 3.8) is 0 Å². The van der Waals surface area contributed by atoms with Gasteiger partial charge in [-0.15, -0.1) is 0 Å². The van der Waals surface area contributed by atoms with Crippen LogP contribution in [0.1, 0.15) is 79.0 Å². The molecule has 0 radical (unpaired) electrons. The van der Waals surface area contributed by atoms with Crippen molar-refractivity contribution in [2.45, 2.75) is 78.6 Å². The van der Waals surface area contributed by atoms with Gasteiger partial charge in [-0.05, 0) is 111 Å². The van der Waals surface area contributed by atoms with Crippen LogP contribution in [0.25, 0.3) is 45.3 Å². The molecule has 0 amide bonds. The van der Waals surface area contributed by atoms with Crippen LogP contribution in [0.4, 0.5) is 34.1 Å². The zero-order valence-corrected chi connectivity index (χ0v) is 40.9. The van der Waals surface area contributed by atoms with E-state index in [2.05, 4.69) is 218 Å². The first-order chi connectivity index (χ1) is 32.6. The van der Waals surface area contributed by atoms with E-state index < -0.39 is 0 Å². The van der Waals surface area contributed by atoms with Crippen molar-refractivity contribution in [2.75, 3.05) is 9.80 Å². The molecule has 5 nitrogen and oxygen atoms in total. The fraction of sp³-hybridized carbons (Fsp3) is 0.190. The first kappa shape index (κ1) is 45.5. The number of nitrogens with zero attached hydrogens (tertiary/aromatic N) is 5. The van der Waals surface area contributed by atoms with Crippen LogP contribution in [0.3, 0.4) is 0 Å². The van der Waals surface area contributed by atoms with Crippen molar-refractivity contribution >= 4 is 34.1 Å². The second-order valence-electron chi connectivity index (χ2n) is 20.7. The number of para-hydroxylation sites is 1. The van der Waals surface area contributed by atoms with Gasteiger partial charge in [0.15, 0.2) is 17.5 Å². The maximum Gasteiger partial charge on any atom is 0.164 e. The Morgan fingerprint density at radius 2 is 0.559 bits per heavy atom. The van der Waals surface area contributed by atoms with Crippen molar-refractivity contribution in [3.05, 3.63) is 223 Å². The summed E-state index contributed by atoms with van der Waals surface area (Å²) in [5.41, 5.74) is 15.0. The van der Waals surface area contributed by atoms with E-state index in [0.29, 0.717) is 17.5 Å². The molecule has 1 heterocycles. The van der Waals surface area contributed by atoms with Gasteiger partial charge >= 0.3 is 0 Å². The molecule has 0 aliphatic rings. The Morgan fingerprint density at radius 1 is 0.279 bits per heavy atom. The highest BCUT2D eigenvalue weighted by molar-refractivity contribution is 5.99. The minimum absolute atomic E-state index is 0.0139. The van der Waals surface area contributed by atoms with Crippen molar-refractivity contribution in [3.8, 4) is 45.3 Å². The molecule has 0 saturated heterocycles. The highest BCUT2D eigenvalue weighted by Crippen LogP contribution is 2.51. The molecule has 9 rings (SSSR count). The minimum atomic E-state index is -0.200. The molecule has 9 aromatic rings. The topological polar surface area (TPSA) is 45.2 Å². The Kier molecular flexibility index (Phi) is 12.4. The van der Waals surface area contributed by atoms with Crippen LogP contribution in [0.15, 0.2) is 206 Å². The summed E-state index contributed by atoms with van der Waals surface area (Å²) in [4.78, 5) is 20.0. The van der Waals surface area contributed by atoms with Crippen LogP contribution in [0, 0.1) is 0 Å². The standard InChI is InChI=1S/C63H61N5/c1-61(2,3)48-32-38-53(39-33-48)67(51-28-20-13-21-29-51)55-42-50(63(7,8)9)43-56(57(55)44-22-14-10-15-23-44)68(54-40-34-49(35-41-54)62(4,5)6)52-36-30-47(31-37-52)60-65-58(45-24-16-11-17-25-45)64-59(66-60)46-26-18-12-19-27-46/h10-43H,1-9H3. The van der Waals surface area contributed by atoms with Gasteiger partial charge in [0.1, 0.15) is 0 Å². The SMILES string of the molecule is CC(C)(C)c1ccc(N(c2ccccc2)c2cc(C(C)(C)C)cc(N(c3ccc(-c4nc(-c5ccccc5)nc(-c5ccccc5)n4)cc3)c3ccc(C(C)(C)C)cc3)c2-c2ccccc2)cc1. The normalized spacial score (nSPS) is 11.9. The summed E-state index contributed by atoms with van der Waals surface area (Å²) < 4.78 is 0.